The van der Waals surface area contributed by atoms with Gasteiger partial charge in [-0.15, -0.1) is 0 Å². The molecule has 0 atom stereocenters. The van der Waals surface area contributed by atoms with Crippen molar-refractivity contribution >= 4 is 54.4 Å². The molecule has 0 bridgehead atoms. The van der Waals surface area contributed by atoms with Crippen LogP contribution in [-0.2, 0) is 4.79 Å². The number of carbonyl (C=O) groups is 1. The summed E-state index contributed by atoms with van der Waals surface area (Å²) in [5.74, 6) is 0.330. The number of para-hydroxylation sites is 1. The van der Waals surface area contributed by atoms with E-state index in [9.17, 15) is 4.79 Å². The van der Waals surface area contributed by atoms with Gasteiger partial charge in [-0.1, -0.05) is 40.2 Å². The summed E-state index contributed by atoms with van der Waals surface area (Å²) in [7, 11) is 0. The molecule has 0 saturated carbocycles. The van der Waals surface area contributed by atoms with Gasteiger partial charge in [-0.2, -0.15) is 0 Å². The fraction of sp³-hybridized carbons (Fsp3) is 0.111. The Bertz CT molecular complexity index is 913. The Morgan fingerprint density at radius 3 is 2.75 bits per heavy atom. The molecule has 0 aliphatic rings. The van der Waals surface area contributed by atoms with Crippen LogP contribution in [0, 0.1) is 6.92 Å². The number of rotatable bonds is 4. The molecule has 2 aromatic carbocycles. The number of carbonyl (C=O) groups excluding carboxylic acids is 1. The Labute approximate surface area is 156 Å². The maximum absolute atomic E-state index is 12.2. The second-order valence-corrected chi connectivity index (χ2v) is 6.93. The van der Waals surface area contributed by atoms with Crippen molar-refractivity contribution in [1.29, 1.82) is 0 Å². The van der Waals surface area contributed by atoms with E-state index in [1.807, 2.05) is 49.4 Å². The number of amides is 1. The highest BCUT2D eigenvalue weighted by Crippen LogP contribution is 2.37. The number of nitrogens with zero attached hydrogens (tertiary/aromatic N) is 1. The minimum Gasteiger partial charge on any atom is -0.480 e. The monoisotopic (exact) mass is 448 g/mol. The van der Waals surface area contributed by atoms with E-state index in [4.69, 9.17) is 4.74 Å². The number of halogens is 2. The second kappa shape index (κ2) is 7.32. The molecule has 3 rings (SSSR count). The van der Waals surface area contributed by atoms with Gasteiger partial charge in [0.1, 0.15) is 5.52 Å². The summed E-state index contributed by atoms with van der Waals surface area (Å²) < 4.78 is 7.39. The molecule has 0 fully saturated rings. The number of aryl methyl sites for hydroxylation is 1. The number of hydrogen-bond acceptors (Lipinski definition) is 3. The van der Waals surface area contributed by atoms with E-state index in [1.54, 1.807) is 6.20 Å². The van der Waals surface area contributed by atoms with Gasteiger partial charge in [0.05, 0.1) is 4.47 Å². The van der Waals surface area contributed by atoms with E-state index in [0.29, 0.717) is 11.3 Å². The average Bonchev–Trinajstić information content (AvgIpc) is 2.57. The van der Waals surface area contributed by atoms with Gasteiger partial charge in [-0.05, 0) is 46.6 Å². The van der Waals surface area contributed by atoms with Gasteiger partial charge in [0.15, 0.2) is 12.4 Å². The van der Waals surface area contributed by atoms with Crippen molar-refractivity contribution in [3.8, 4) is 5.75 Å². The van der Waals surface area contributed by atoms with Gasteiger partial charge in [-0.3, -0.25) is 9.78 Å². The first-order chi connectivity index (χ1) is 11.6. The van der Waals surface area contributed by atoms with Crippen LogP contribution in [0.25, 0.3) is 10.9 Å². The highest BCUT2D eigenvalue weighted by molar-refractivity contribution is 9.11. The Kier molecular flexibility index (Phi) is 5.16. The standard InChI is InChI=1S/C18H14Br2N2O2/c1-11-5-2-3-7-15(11)22-16(23)10-24-18-14(20)9-13(19)12-6-4-8-21-17(12)18/h2-9H,10H2,1H3,(H,22,23). The highest BCUT2D eigenvalue weighted by atomic mass is 79.9. The number of nitrogens with one attached hydrogen (secondary N) is 1. The number of anilines is 1. The zero-order valence-corrected chi connectivity index (χ0v) is 16.0. The Hall–Kier alpha value is -1.92. The number of fused-ring (bicyclic) bond motifs is 1. The van der Waals surface area contributed by atoms with Gasteiger partial charge >= 0.3 is 0 Å². The second-order valence-electron chi connectivity index (χ2n) is 5.22. The van der Waals surface area contributed by atoms with E-state index in [2.05, 4.69) is 42.2 Å². The van der Waals surface area contributed by atoms with Crippen molar-refractivity contribution in [3.63, 3.8) is 0 Å². The van der Waals surface area contributed by atoms with E-state index in [-0.39, 0.29) is 12.5 Å². The Balaban J connectivity index is 1.79. The molecule has 0 saturated heterocycles. The first-order valence-electron chi connectivity index (χ1n) is 7.27. The van der Waals surface area contributed by atoms with E-state index >= 15 is 0 Å². The summed E-state index contributed by atoms with van der Waals surface area (Å²) in [6.45, 7) is 1.85. The van der Waals surface area contributed by atoms with Crippen molar-refractivity contribution < 1.29 is 9.53 Å². The lowest BCUT2D eigenvalue weighted by Gasteiger charge is -2.12. The van der Waals surface area contributed by atoms with Crippen LogP contribution in [-0.4, -0.2) is 17.5 Å². The molecule has 1 heterocycles. The largest absolute Gasteiger partial charge is 0.480 e. The molecule has 1 aromatic heterocycles. The SMILES string of the molecule is Cc1ccccc1NC(=O)COc1c(Br)cc(Br)c2cccnc12. The van der Waals surface area contributed by atoms with Crippen LogP contribution < -0.4 is 10.1 Å². The minimum atomic E-state index is -0.219. The van der Waals surface area contributed by atoms with Crippen LogP contribution in [0.2, 0.25) is 0 Å². The number of benzene rings is 2. The van der Waals surface area contributed by atoms with Gasteiger partial charge in [0.2, 0.25) is 0 Å². The van der Waals surface area contributed by atoms with E-state index in [0.717, 1.165) is 25.6 Å². The number of aromatic nitrogens is 1. The van der Waals surface area contributed by atoms with Crippen LogP contribution in [0.1, 0.15) is 5.56 Å². The van der Waals surface area contributed by atoms with E-state index in [1.165, 1.54) is 0 Å². The average molecular weight is 450 g/mol. The third-order valence-corrected chi connectivity index (χ3v) is 4.76. The van der Waals surface area contributed by atoms with E-state index < -0.39 is 0 Å². The third-order valence-electron chi connectivity index (χ3n) is 3.52. The van der Waals surface area contributed by atoms with Crippen molar-refractivity contribution in [2.75, 3.05) is 11.9 Å². The summed E-state index contributed by atoms with van der Waals surface area (Å²) in [5.41, 5.74) is 2.48. The molecular formula is C18H14Br2N2O2. The molecule has 4 nitrogen and oxygen atoms in total. The molecular weight excluding hydrogens is 436 g/mol. The lowest BCUT2D eigenvalue weighted by atomic mass is 10.2. The van der Waals surface area contributed by atoms with Gasteiger partial charge in [0, 0.05) is 21.7 Å². The first-order valence-corrected chi connectivity index (χ1v) is 8.86. The van der Waals surface area contributed by atoms with Crippen LogP contribution in [0.15, 0.2) is 57.6 Å². The molecule has 1 amide bonds. The summed E-state index contributed by atoms with van der Waals surface area (Å²) in [5, 5.41) is 3.78. The molecule has 0 spiro atoms. The third kappa shape index (κ3) is 3.60. The van der Waals surface area contributed by atoms with Crippen molar-refractivity contribution in [1.82, 2.24) is 4.98 Å². The lowest BCUT2D eigenvalue weighted by Crippen LogP contribution is -2.20. The fourth-order valence-electron chi connectivity index (χ4n) is 2.32. The van der Waals surface area contributed by atoms with Crippen molar-refractivity contribution in [2.24, 2.45) is 0 Å². The molecule has 122 valence electrons. The summed E-state index contributed by atoms with van der Waals surface area (Å²) in [6.07, 6.45) is 1.70. The van der Waals surface area contributed by atoms with Crippen LogP contribution in [0.3, 0.4) is 0 Å². The lowest BCUT2D eigenvalue weighted by molar-refractivity contribution is -0.118. The molecule has 6 heteroatoms. The molecule has 0 aliphatic carbocycles. The summed E-state index contributed by atoms with van der Waals surface area (Å²) in [6, 6.07) is 13.3. The molecule has 0 radical (unpaired) electrons. The van der Waals surface area contributed by atoms with Gasteiger partial charge in [-0.25, -0.2) is 0 Å². The van der Waals surface area contributed by atoms with Crippen LogP contribution in [0.5, 0.6) is 5.75 Å². The number of ether oxygens (including phenoxy) is 1. The summed E-state index contributed by atoms with van der Waals surface area (Å²) >= 11 is 6.98. The number of pyridine rings is 1. The molecule has 3 aromatic rings. The highest BCUT2D eigenvalue weighted by Gasteiger charge is 2.14. The zero-order chi connectivity index (χ0) is 17.1. The Morgan fingerprint density at radius 2 is 1.96 bits per heavy atom. The fourth-order valence-corrected chi connectivity index (χ4v) is 3.71. The maximum Gasteiger partial charge on any atom is 0.262 e. The molecule has 1 N–H and O–H groups in total. The van der Waals surface area contributed by atoms with Gasteiger partial charge < -0.3 is 10.1 Å². The first kappa shape index (κ1) is 16.9. The molecule has 0 aliphatic heterocycles. The topological polar surface area (TPSA) is 51.2 Å². The Morgan fingerprint density at radius 1 is 1.17 bits per heavy atom. The minimum absolute atomic E-state index is 0.0970. The van der Waals surface area contributed by atoms with Crippen LogP contribution in [0.4, 0.5) is 5.69 Å². The normalized spacial score (nSPS) is 10.6. The smallest absolute Gasteiger partial charge is 0.262 e. The van der Waals surface area contributed by atoms with Gasteiger partial charge in [0.25, 0.3) is 5.91 Å². The van der Waals surface area contributed by atoms with Crippen LogP contribution >= 0.6 is 31.9 Å². The maximum atomic E-state index is 12.2. The number of hydrogen-bond donors (Lipinski definition) is 1. The van der Waals surface area contributed by atoms with Crippen molar-refractivity contribution in [3.05, 3.63) is 63.2 Å². The zero-order valence-electron chi connectivity index (χ0n) is 12.8. The quantitative estimate of drug-likeness (QED) is 0.603. The summed E-state index contributed by atoms with van der Waals surface area (Å²) in [4.78, 5) is 16.5. The predicted molar refractivity (Wildman–Crippen MR) is 102 cm³/mol. The van der Waals surface area contributed by atoms with Crippen molar-refractivity contribution in [2.45, 2.75) is 6.92 Å². The molecule has 0 unspecified atom stereocenters. The molecule has 24 heavy (non-hydrogen) atoms. The predicted octanol–water partition coefficient (Wildman–Crippen LogP) is 5.09.